The first-order valence-corrected chi connectivity index (χ1v) is 6.07. The average Bonchev–Trinajstić information content (AvgIpc) is 2.72. The number of hydrogen-bond acceptors (Lipinski definition) is 2. The van der Waals surface area contributed by atoms with Crippen LogP contribution in [0.5, 0.6) is 0 Å². The van der Waals surface area contributed by atoms with Crippen molar-refractivity contribution < 1.29 is 9.53 Å². The first-order chi connectivity index (χ1) is 7.60. The van der Waals surface area contributed by atoms with Gasteiger partial charge in [0.25, 0.3) is 0 Å². The second-order valence-electron chi connectivity index (χ2n) is 5.07. The molecule has 0 fully saturated rings. The van der Waals surface area contributed by atoms with E-state index in [1.807, 2.05) is 0 Å². The van der Waals surface area contributed by atoms with Crippen molar-refractivity contribution in [1.82, 2.24) is 0 Å². The van der Waals surface area contributed by atoms with Crippen molar-refractivity contribution >= 4 is 5.97 Å². The number of carbonyl (C=O) groups excluding carboxylic acids is 1. The topological polar surface area (TPSA) is 26.3 Å². The summed E-state index contributed by atoms with van der Waals surface area (Å²) in [5.41, 5.74) is 2.44. The smallest absolute Gasteiger partial charge is 0.333 e. The molecular weight excluding hydrogens is 200 g/mol. The Kier molecular flexibility index (Phi) is 2.92. The summed E-state index contributed by atoms with van der Waals surface area (Å²) in [5, 5.41) is 0. The summed E-state index contributed by atoms with van der Waals surface area (Å²) in [7, 11) is 1.46. The van der Waals surface area contributed by atoms with Crippen LogP contribution in [0.3, 0.4) is 0 Å². The Labute approximate surface area is 97.4 Å². The van der Waals surface area contributed by atoms with Crippen molar-refractivity contribution in [3.63, 3.8) is 0 Å². The van der Waals surface area contributed by atoms with Crippen LogP contribution >= 0.6 is 0 Å². The number of ether oxygens (including phenoxy) is 1. The van der Waals surface area contributed by atoms with Gasteiger partial charge in [-0.25, -0.2) is 4.79 Å². The molecule has 2 atom stereocenters. The maximum Gasteiger partial charge on any atom is 0.333 e. The molecule has 1 spiro atoms. The summed E-state index contributed by atoms with van der Waals surface area (Å²) in [6.07, 6.45) is 8.84. The van der Waals surface area contributed by atoms with Crippen molar-refractivity contribution in [2.75, 3.05) is 7.11 Å². The van der Waals surface area contributed by atoms with E-state index < -0.39 is 0 Å². The summed E-state index contributed by atoms with van der Waals surface area (Å²) in [6, 6.07) is 0. The lowest BCUT2D eigenvalue weighted by molar-refractivity contribution is -0.136. The SMILES string of the molecule is COC(=O)C1=C[C@@]2(CC1)C(C)=CCC[C@H]2C. The summed E-state index contributed by atoms with van der Waals surface area (Å²) in [5.74, 6) is 0.488. The lowest BCUT2D eigenvalue weighted by Crippen LogP contribution is -2.28. The van der Waals surface area contributed by atoms with Gasteiger partial charge >= 0.3 is 5.97 Å². The molecule has 0 amide bonds. The zero-order valence-corrected chi connectivity index (χ0v) is 10.4. The molecule has 0 bridgehead atoms. The minimum Gasteiger partial charge on any atom is -0.466 e. The van der Waals surface area contributed by atoms with Crippen molar-refractivity contribution in [3.8, 4) is 0 Å². The lowest BCUT2D eigenvalue weighted by Gasteiger charge is -2.38. The first kappa shape index (κ1) is 11.4. The highest BCUT2D eigenvalue weighted by atomic mass is 16.5. The Morgan fingerprint density at radius 1 is 1.56 bits per heavy atom. The monoisotopic (exact) mass is 220 g/mol. The molecule has 2 aliphatic carbocycles. The molecule has 0 aromatic heterocycles. The molecule has 88 valence electrons. The largest absolute Gasteiger partial charge is 0.466 e. The second kappa shape index (κ2) is 4.08. The third kappa shape index (κ3) is 1.60. The van der Waals surface area contributed by atoms with E-state index in [-0.39, 0.29) is 11.4 Å². The van der Waals surface area contributed by atoms with Crippen LogP contribution in [0.25, 0.3) is 0 Å². The zero-order valence-electron chi connectivity index (χ0n) is 10.4. The summed E-state index contributed by atoms with van der Waals surface area (Å²) < 4.78 is 4.81. The lowest BCUT2D eigenvalue weighted by atomic mass is 9.66. The van der Waals surface area contributed by atoms with Crippen LogP contribution < -0.4 is 0 Å². The molecule has 0 saturated heterocycles. The second-order valence-corrected chi connectivity index (χ2v) is 5.07. The average molecular weight is 220 g/mol. The van der Waals surface area contributed by atoms with Gasteiger partial charge in [-0.3, -0.25) is 0 Å². The Morgan fingerprint density at radius 3 is 2.94 bits per heavy atom. The fourth-order valence-corrected chi connectivity index (χ4v) is 3.17. The minimum absolute atomic E-state index is 0.141. The van der Waals surface area contributed by atoms with E-state index in [0.717, 1.165) is 18.4 Å². The number of rotatable bonds is 1. The normalized spacial score (nSPS) is 33.6. The summed E-state index contributed by atoms with van der Waals surface area (Å²) in [4.78, 5) is 11.5. The number of allylic oxidation sites excluding steroid dienone is 3. The van der Waals surface area contributed by atoms with Crippen LogP contribution in [0.4, 0.5) is 0 Å². The van der Waals surface area contributed by atoms with Crippen LogP contribution in [-0.4, -0.2) is 13.1 Å². The molecule has 2 nitrogen and oxygen atoms in total. The molecule has 2 rings (SSSR count). The van der Waals surface area contributed by atoms with Crippen LogP contribution in [-0.2, 0) is 9.53 Å². The molecular formula is C14H20O2. The van der Waals surface area contributed by atoms with Gasteiger partial charge in [-0.2, -0.15) is 0 Å². The Morgan fingerprint density at radius 2 is 2.31 bits per heavy atom. The highest BCUT2D eigenvalue weighted by Crippen LogP contribution is 2.51. The van der Waals surface area contributed by atoms with E-state index in [4.69, 9.17) is 4.74 Å². The zero-order chi connectivity index (χ0) is 11.8. The van der Waals surface area contributed by atoms with Crippen LogP contribution in [0.1, 0.15) is 39.5 Å². The molecule has 0 aliphatic heterocycles. The van der Waals surface area contributed by atoms with Gasteiger partial charge in [0.1, 0.15) is 0 Å². The quantitative estimate of drug-likeness (QED) is 0.501. The van der Waals surface area contributed by atoms with Crippen molar-refractivity contribution in [2.45, 2.75) is 39.5 Å². The Hall–Kier alpha value is -1.05. The first-order valence-electron chi connectivity index (χ1n) is 6.07. The molecule has 0 saturated carbocycles. The Bertz CT molecular complexity index is 365. The highest BCUT2D eigenvalue weighted by molar-refractivity contribution is 5.89. The van der Waals surface area contributed by atoms with Gasteiger partial charge in [-0.05, 0) is 38.5 Å². The van der Waals surface area contributed by atoms with Gasteiger partial charge in [0.2, 0.25) is 0 Å². The van der Waals surface area contributed by atoms with Gasteiger partial charge in [0, 0.05) is 11.0 Å². The molecule has 0 heterocycles. The fraction of sp³-hybridized carbons (Fsp3) is 0.643. The van der Waals surface area contributed by atoms with Crippen LogP contribution in [0.15, 0.2) is 23.3 Å². The van der Waals surface area contributed by atoms with Gasteiger partial charge < -0.3 is 4.74 Å². The van der Waals surface area contributed by atoms with E-state index in [1.165, 1.54) is 25.5 Å². The van der Waals surface area contributed by atoms with E-state index in [2.05, 4.69) is 26.0 Å². The molecule has 2 heteroatoms. The Balaban J connectivity index is 2.33. The van der Waals surface area contributed by atoms with E-state index in [9.17, 15) is 4.79 Å². The number of methoxy groups -OCH3 is 1. The highest BCUT2D eigenvalue weighted by Gasteiger charge is 2.42. The fourth-order valence-electron chi connectivity index (χ4n) is 3.17. The molecule has 2 aliphatic rings. The standard InChI is InChI=1S/C14H20O2/c1-10-5-4-6-11(2)14(10)8-7-12(9-14)13(15)16-3/h5,9,11H,4,6-8H2,1-3H3/t11-,14+/m1/s1. The third-order valence-corrected chi connectivity index (χ3v) is 4.35. The number of hydrogen-bond donors (Lipinski definition) is 0. The number of esters is 1. The van der Waals surface area contributed by atoms with Crippen LogP contribution in [0, 0.1) is 11.3 Å². The van der Waals surface area contributed by atoms with E-state index >= 15 is 0 Å². The minimum atomic E-state index is -0.151. The van der Waals surface area contributed by atoms with Crippen molar-refractivity contribution in [2.24, 2.45) is 11.3 Å². The molecule has 0 aromatic carbocycles. The summed E-state index contributed by atoms with van der Waals surface area (Å²) >= 11 is 0. The maximum absolute atomic E-state index is 11.5. The molecule has 16 heavy (non-hydrogen) atoms. The maximum atomic E-state index is 11.5. The van der Waals surface area contributed by atoms with Crippen molar-refractivity contribution in [1.29, 1.82) is 0 Å². The molecule has 0 N–H and O–H groups in total. The number of carbonyl (C=O) groups is 1. The molecule has 0 radical (unpaired) electrons. The summed E-state index contributed by atoms with van der Waals surface area (Å²) in [6.45, 7) is 4.50. The van der Waals surface area contributed by atoms with E-state index in [1.54, 1.807) is 0 Å². The molecule has 0 aromatic rings. The van der Waals surface area contributed by atoms with Gasteiger partial charge in [0.15, 0.2) is 0 Å². The predicted molar refractivity (Wildman–Crippen MR) is 63.9 cm³/mol. The van der Waals surface area contributed by atoms with Crippen LogP contribution in [0.2, 0.25) is 0 Å². The predicted octanol–water partition coefficient (Wildman–Crippen LogP) is 3.24. The van der Waals surface area contributed by atoms with Gasteiger partial charge in [0.05, 0.1) is 7.11 Å². The van der Waals surface area contributed by atoms with Gasteiger partial charge in [-0.1, -0.05) is 24.6 Å². The molecule has 0 unspecified atom stereocenters. The van der Waals surface area contributed by atoms with Gasteiger partial charge in [-0.15, -0.1) is 0 Å². The van der Waals surface area contributed by atoms with Crippen molar-refractivity contribution in [3.05, 3.63) is 23.3 Å². The third-order valence-electron chi connectivity index (χ3n) is 4.35. The van der Waals surface area contributed by atoms with E-state index in [0.29, 0.717) is 5.92 Å².